The standard InChI is InChI=1S/C66H120O6/c1-4-7-10-13-16-19-22-25-28-31-33-36-38-41-44-47-50-53-56-59-65(68)71-62-63(61-70-64(67)58-55-52-49-46-43-40-37-34-30-27-24-21-18-15-12-9-6-3)72-66(69)60-57-54-51-48-45-42-39-35-32-29-26-23-20-17-14-11-8-5-2/h18,21,27,30-31,33,37,40,63H,4-17,19-20,22-26,28-29,32,34-36,38-39,41-62H2,1-3H3/b21-18-,30-27-,33-31-,40-37-/t63-/m1/s1. The van der Waals surface area contributed by atoms with Crippen LogP contribution in [0, 0.1) is 0 Å². The van der Waals surface area contributed by atoms with Gasteiger partial charge in [0, 0.05) is 19.3 Å². The second kappa shape index (κ2) is 60.9. The molecule has 6 nitrogen and oxygen atoms in total. The van der Waals surface area contributed by atoms with Crippen LogP contribution in [-0.4, -0.2) is 37.2 Å². The molecule has 6 heteroatoms. The molecule has 0 N–H and O–H groups in total. The average Bonchev–Trinajstić information content (AvgIpc) is 3.38. The number of hydrogen-bond donors (Lipinski definition) is 0. The molecule has 0 radical (unpaired) electrons. The molecule has 0 saturated carbocycles. The Balaban J connectivity index is 4.38. The SMILES string of the molecule is CCCCC/C=C\C/C=C\C/C=C\CCCCCCC(=O)OC[C@H](COC(=O)CCCCCCCCC/C=C\CCCCCCCCCC)OC(=O)CCCCCCCCCCCCCCCCCCCC. The van der Waals surface area contributed by atoms with E-state index in [4.69, 9.17) is 14.2 Å². The van der Waals surface area contributed by atoms with Crippen LogP contribution < -0.4 is 0 Å². The number of hydrogen-bond acceptors (Lipinski definition) is 6. The first kappa shape index (κ1) is 69.4. The van der Waals surface area contributed by atoms with E-state index < -0.39 is 6.10 Å². The van der Waals surface area contributed by atoms with Gasteiger partial charge >= 0.3 is 17.9 Å². The minimum Gasteiger partial charge on any atom is -0.462 e. The number of carbonyl (C=O) groups is 3. The summed E-state index contributed by atoms with van der Waals surface area (Å²) in [6.07, 6.45) is 75.4. The number of unbranched alkanes of at least 4 members (excludes halogenated alkanes) is 39. The molecule has 0 unspecified atom stereocenters. The Labute approximate surface area is 448 Å². The molecular weight excluding hydrogens is 889 g/mol. The Morgan fingerprint density at radius 3 is 0.819 bits per heavy atom. The molecule has 72 heavy (non-hydrogen) atoms. The average molecular weight is 1010 g/mol. The molecule has 1 atom stereocenters. The largest absolute Gasteiger partial charge is 0.462 e. The molecular formula is C66H120O6. The second-order valence-corrected chi connectivity index (χ2v) is 21.3. The van der Waals surface area contributed by atoms with Gasteiger partial charge in [0.25, 0.3) is 0 Å². The monoisotopic (exact) mass is 1010 g/mol. The van der Waals surface area contributed by atoms with Crippen molar-refractivity contribution < 1.29 is 28.6 Å². The van der Waals surface area contributed by atoms with Gasteiger partial charge < -0.3 is 14.2 Å². The third kappa shape index (κ3) is 58.3. The van der Waals surface area contributed by atoms with Gasteiger partial charge in [0.15, 0.2) is 6.10 Å². The van der Waals surface area contributed by atoms with Gasteiger partial charge in [-0.25, -0.2) is 0 Å². The van der Waals surface area contributed by atoms with Crippen molar-refractivity contribution in [3.63, 3.8) is 0 Å². The second-order valence-electron chi connectivity index (χ2n) is 21.3. The third-order valence-electron chi connectivity index (χ3n) is 14.1. The minimum absolute atomic E-state index is 0.0793. The molecule has 0 aliphatic carbocycles. The van der Waals surface area contributed by atoms with Crippen LogP contribution in [0.2, 0.25) is 0 Å². The summed E-state index contributed by atoms with van der Waals surface area (Å²) in [7, 11) is 0. The zero-order chi connectivity index (χ0) is 52.2. The highest BCUT2D eigenvalue weighted by atomic mass is 16.6. The Hall–Kier alpha value is -2.63. The summed E-state index contributed by atoms with van der Waals surface area (Å²) in [6.45, 7) is 6.64. The van der Waals surface area contributed by atoms with Crippen LogP contribution in [0.1, 0.15) is 335 Å². The van der Waals surface area contributed by atoms with Gasteiger partial charge in [-0.15, -0.1) is 0 Å². The van der Waals surface area contributed by atoms with Crippen molar-refractivity contribution in [1.82, 2.24) is 0 Å². The van der Waals surface area contributed by atoms with Gasteiger partial charge in [-0.2, -0.15) is 0 Å². The van der Waals surface area contributed by atoms with E-state index in [1.54, 1.807) is 0 Å². The first-order chi connectivity index (χ1) is 35.5. The molecule has 0 saturated heterocycles. The molecule has 0 rings (SSSR count). The Bertz CT molecular complexity index is 1250. The van der Waals surface area contributed by atoms with Crippen LogP contribution in [0.5, 0.6) is 0 Å². The van der Waals surface area contributed by atoms with Gasteiger partial charge in [-0.05, 0) is 83.5 Å². The minimum atomic E-state index is -0.783. The number of carbonyl (C=O) groups excluding carboxylic acids is 3. The predicted octanol–water partition coefficient (Wildman–Crippen LogP) is 21.4. The maximum atomic E-state index is 12.9. The number of ether oxygens (including phenoxy) is 3. The van der Waals surface area contributed by atoms with Crippen LogP contribution in [0.25, 0.3) is 0 Å². The number of rotatable bonds is 58. The van der Waals surface area contributed by atoms with Crippen molar-refractivity contribution in [2.24, 2.45) is 0 Å². The predicted molar refractivity (Wildman–Crippen MR) is 312 cm³/mol. The van der Waals surface area contributed by atoms with Crippen molar-refractivity contribution >= 4 is 17.9 Å². The van der Waals surface area contributed by atoms with E-state index in [9.17, 15) is 14.4 Å². The molecule has 420 valence electrons. The number of esters is 3. The molecule has 0 heterocycles. The lowest BCUT2D eigenvalue weighted by Crippen LogP contribution is -2.30. The number of allylic oxidation sites excluding steroid dienone is 8. The fourth-order valence-corrected chi connectivity index (χ4v) is 9.27. The van der Waals surface area contributed by atoms with Crippen LogP contribution >= 0.6 is 0 Å². The van der Waals surface area contributed by atoms with E-state index in [1.807, 2.05) is 0 Å². The molecule has 0 aromatic carbocycles. The lowest BCUT2D eigenvalue weighted by Gasteiger charge is -2.18. The molecule has 0 aromatic heterocycles. The fourth-order valence-electron chi connectivity index (χ4n) is 9.27. The van der Waals surface area contributed by atoms with E-state index in [-0.39, 0.29) is 31.1 Å². The maximum absolute atomic E-state index is 12.9. The summed E-state index contributed by atoms with van der Waals surface area (Å²) < 4.78 is 16.9. The van der Waals surface area contributed by atoms with E-state index >= 15 is 0 Å². The normalized spacial score (nSPS) is 12.3. The molecule has 0 amide bonds. The smallest absolute Gasteiger partial charge is 0.306 e. The van der Waals surface area contributed by atoms with Crippen molar-refractivity contribution in [1.29, 1.82) is 0 Å². The van der Waals surface area contributed by atoms with Crippen molar-refractivity contribution in [2.75, 3.05) is 13.2 Å². The van der Waals surface area contributed by atoms with Crippen LogP contribution in [-0.2, 0) is 28.6 Å². The van der Waals surface area contributed by atoms with Gasteiger partial charge in [0.2, 0.25) is 0 Å². The quantitative estimate of drug-likeness (QED) is 0.0261. The lowest BCUT2D eigenvalue weighted by molar-refractivity contribution is -0.167. The molecule has 0 aliphatic heterocycles. The molecule has 0 bridgehead atoms. The summed E-state index contributed by atoms with van der Waals surface area (Å²) in [5.74, 6) is -0.885. The summed E-state index contributed by atoms with van der Waals surface area (Å²) in [5.41, 5.74) is 0. The third-order valence-corrected chi connectivity index (χ3v) is 14.1. The summed E-state index contributed by atoms with van der Waals surface area (Å²) in [6, 6.07) is 0. The van der Waals surface area contributed by atoms with Crippen molar-refractivity contribution in [2.45, 2.75) is 341 Å². The highest BCUT2D eigenvalue weighted by Crippen LogP contribution is 2.17. The van der Waals surface area contributed by atoms with Crippen LogP contribution in [0.15, 0.2) is 48.6 Å². The molecule has 0 fully saturated rings. The van der Waals surface area contributed by atoms with Crippen molar-refractivity contribution in [3.8, 4) is 0 Å². The zero-order valence-corrected chi connectivity index (χ0v) is 48.2. The van der Waals surface area contributed by atoms with E-state index in [2.05, 4.69) is 69.4 Å². The van der Waals surface area contributed by atoms with E-state index in [0.717, 1.165) is 83.5 Å². The van der Waals surface area contributed by atoms with Crippen LogP contribution in [0.3, 0.4) is 0 Å². The Kier molecular flexibility index (Phi) is 58.7. The van der Waals surface area contributed by atoms with Gasteiger partial charge in [-0.1, -0.05) is 281 Å². The van der Waals surface area contributed by atoms with E-state index in [0.29, 0.717) is 19.3 Å². The first-order valence-corrected chi connectivity index (χ1v) is 31.6. The Morgan fingerprint density at radius 1 is 0.278 bits per heavy atom. The molecule has 0 aromatic rings. The van der Waals surface area contributed by atoms with Gasteiger partial charge in [0.1, 0.15) is 13.2 Å². The first-order valence-electron chi connectivity index (χ1n) is 31.6. The van der Waals surface area contributed by atoms with Crippen molar-refractivity contribution in [3.05, 3.63) is 48.6 Å². The van der Waals surface area contributed by atoms with Crippen LogP contribution in [0.4, 0.5) is 0 Å². The summed E-state index contributed by atoms with van der Waals surface area (Å²) >= 11 is 0. The summed E-state index contributed by atoms with van der Waals surface area (Å²) in [5, 5.41) is 0. The summed E-state index contributed by atoms with van der Waals surface area (Å²) in [4.78, 5) is 38.3. The lowest BCUT2D eigenvalue weighted by atomic mass is 10.0. The van der Waals surface area contributed by atoms with E-state index in [1.165, 1.54) is 212 Å². The van der Waals surface area contributed by atoms with Gasteiger partial charge in [0.05, 0.1) is 0 Å². The van der Waals surface area contributed by atoms with Gasteiger partial charge in [-0.3, -0.25) is 14.4 Å². The molecule has 0 spiro atoms. The molecule has 0 aliphatic rings. The zero-order valence-electron chi connectivity index (χ0n) is 48.2. The Morgan fingerprint density at radius 2 is 0.500 bits per heavy atom. The fraction of sp³-hybridized carbons (Fsp3) is 0.833. The highest BCUT2D eigenvalue weighted by molar-refractivity contribution is 5.71. The topological polar surface area (TPSA) is 78.9 Å². The highest BCUT2D eigenvalue weighted by Gasteiger charge is 2.19. The maximum Gasteiger partial charge on any atom is 0.306 e.